The predicted molar refractivity (Wildman–Crippen MR) is 21.2 cm³/mol. The molecule has 0 radical (unpaired) electrons. The van der Waals surface area contributed by atoms with E-state index in [9.17, 15) is 0 Å². The molecular weight excluding hydrogens is 316 g/mol. The molecular formula is C4H8ClHgO2. The van der Waals surface area contributed by atoms with Crippen LogP contribution in [0.4, 0.5) is 0 Å². The minimum absolute atomic E-state index is 0. The summed E-state index contributed by atoms with van der Waals surface area (Å²) in [6.07, 6.45) is 0. The number of carbonyl (C=O) groups is 1. The number of carboxylic acids is 1. The average Bonchev–Trinajstić information content (AvgIpc) is 1.33. The summed E-state index contributed by atoms with van der Waals surface area (Å²) in [5, 5.41) is 8.89. The van der Waals surface area contributed by atoms with E-state index in [4.69, 9.17) is 9.90 Å². The van der Waals surface area contributed by atoms with Crippen molar-refractivity contribution < 1.29 is 48.4 Å². The van der Waals surface area contributed by atoms with E-state index >= 15 is 0 Å². The number of carboxylic acid groups (broad SMARTS) is 1. The van der Waals surface area contributed by atoms with Gasteiger partial charge < -0.3 is 22.3 Å². The third-order valence-electron chi connectivity index (χ3n) is 0. The number of halogens is 1. The SMILES string of the molecule is CC(=O)[O-].C[CH2][Hg+2].[Cl-]. The van der Waals surface area contributed by atoms with E-state index in [1.54, 1.807) is 0 Å². The molecule has 0 saturated heterocycles. The maximum atomic E-state index is 8.89. The largest absolute Gasteiger partial charge is 1.00 e. The van der Waals surface area contributed by atoms with Gasteiger partial charge in [-0.3, -0.25) is 0 Å². The second kappa shape index (κ2) is 15.6. The Kier molecular flexibility index (Phi) is 31.0. The molecule has 0 bridgehead atoms. The second-order valence-corrected chi connectivity index (χ2v) is 4.88. The molecule has 0 N–H and O–H groups in total. The van der Waals surface area contributed by atoms with Gasteiger partial charge in [-0.05, 0) is 6.92 Å². The number of aliphatic carboxylic acids is 1. The van der Waals surface area contributed by atoms with Gasteiger partial charge in [0.1, 0.15) is 0 Å². The molecule has 0 heterocycles. The summed E-state index contributed by atoms with van der Waals surface area (Å²) in [6, 6.07) is 0. The molecule has 8 heavy (non-hydrogen) atoms. The average molecular weight is 324 g/mol. The molecule has 0 amide bonds. The molecule has 0 aliphatic carbocycles. The molecule has 4 heteroatoms. The Morgan fingerprint density at radius 2 is 1.75 bits per heavy atom. The molecule has 0 aromatic carbocycles. The van der Waals surface area contributed by atoms with E-state index in [1.165, 1.54) is 3.93 Å². The Morgan fingerprint density at radius 1 is 1.75 bits per heavy atom. The first-order chi connectivity index (χ1) is 3.15. The van der Waals surface area contributed by atoms with Crippen LogP contribution in [0.2, 0.25) is 3.93 Å². The molecule has 0 saturated carbocycles. The monoisotopic (exact) mass is 325 g/mol. The van der Waals surface area contributed by atoms with Gasteiger partial charge in [0, 0.05) is 5.97 Å². The van der Waals surface area contributed by atoms with Crippen molar-refractivity contribution in [2.45, 2.75) is 17.8 Å². The summed E-state index contributed by atoms with van der Waals surface area (Å²) in [5.74, 6) is -1.08. The molecule has 0 rings (SSSR count). The molecule has 0 unspecified atom stereocenters. The summed E-state index contributed by atoms with van der Waals surface area (Å²) in [4.78, 5) is 8.89. The van der Waals surface area contributed by atoms with Gasteiger partial charge in [-0.15, -0.1) is 0 Å². The van der Waals surface area contributed by atoms with Crippen LogP contribution in [0.3, 0.4) is 0 Å². The van der Waals surface area contributed by atoms with Crippen LogP contribution in [0.15, 0.2) is 0 Å². The van der Waals surface area contributed by atoms with E-state index in [-0.39, 0.29) is 12.4 Å². The van der Waals surface area contributed by atoms with E-state index in [1.807, 2.05) is 0 Å². The van der Waals surface area contributed by atoms with Gasteiger partial charge in [-0.1, -0.05) is 0 Å². The first kappa shape index (κ1) is 15.9. The molecule has 2 nitrogen and oxygen atoms in total. The standard InChI is InChI=1S/C2H4O2.C2H5.ClH.Hg/c1-2(3)4;1-2;;/h1H3,(H,3,4);1H2,2H3;1H;/q;;;+2/p-2. The molecule has 0 spiro atoms. The number of hydrogen-bond donors (Lipinski definition) is 0. The van der Waals surface area contributed by atoms with Crippen molar-refractivity contribution in [1.82, 2.24) is 0 Å². The van der Waals surface area contributed by atoms with E-state index in [2.05, 4.69) is 6.92 Å². The number of hydrogen-bond acceptors (Lipinski definition) is 2. The Hall–Kier alpha value is 0.695. The van der Waals surface area contributed by atoms with Crippen LogP contribution in [-0.4, -0.2) is 5.97 Å². The van der Waals surface area contributed by atoms with Crippen LogP contribution in [-0.2, 0) is 30.9 Å². The number of rotatable bonds is 0. The summed E-state index contributed by atoms with van der Waals surface area (Å²) < 4.78 is 1.44. The van der Waals surface area contributed by atoms with Crippen molar-refractivity contribution in [2.75, 3.05) is 0 Å². The summed E-state index contributed by atoms with van der Waals surface area (Å²) in [7, 11) is 0. The van der Waals surface area contributed by atoms with Crippen LogP contribution in [0, 0.1) is 0 Å². The van der Waals surface area contributed by atoms with Gasteiger partial charge in [0.05, 0.1) is 0 Å². The van der Waals surface area contributed by atoms with Gasteiger partial charge >= 0.3 is 37.0 Å². The van der Waals surface area contributed by atoms with Gasteiger partial charge in [-0.25, -0.2) is 0 Å². The summed E-state index contributed by atoms with van der Waals surface area (Å²) in [6.45, 7) is 3.18. The molecule has 0 aromatic heterocycles. The van der Waals surface area contributed by atoms with Gasteiger partial charge in [-0.2, -0.15) is 0 Å². The maximum absolute atomic E-state index is 8.89. The van der Waals surface area contributed by atoms with Crippen LogP contribution in [0.1, 0.15) is 13.8 Å². The Balaban J connectivity index is -0.0000000575. The van der Waals surface area contributed by atoms with E-state index in [0.717, 1.165) is 33.0 Å². The third kappa shape index (κ3) is 449. The molecule has 45 valence electrons. The summed E-state index contributed by atoms with van der Waals surface area (Å²) in [5.41, 5.74) is 0. The molecule has 0 atom stereocenters. The fraction of sp³-hybridized carbons (Fsp3) is 0.750. The zero-order valence-electron chi connectivity index (χ0n) is 5.11. The minimum Gasteiger partial charge on any atom is -1.00 e. The fourth-order valence-corrected chi connectivity index (χ4v) is 0. The van der Waals surface area contributed by atoms with Gasteiger partial charge in [0.25, 0.3) is 0 Å². The van der Waals surface area contributed by atoms with Crippen molar-refractivity contribution in [2.24, 2.45) is 0 Å². The first-order valence-corrected chi connectivity index (χ1v) is 6.00. The van der Waals surface area contributed by atoms with Crippen molar-refractivity contribution in [1.29, 1.82) is 0 Å². The van der Waals surface area contributed by atoms with Crippen LogP contribution < -0.4 is 17.5 Å². The first-order valence-electron chi connectivity index (χ1n) is 2.12. The van der Waals surface area contributed by atoms with Crippen LogP contribution >= 0.6 is 0 Å². The molecule has 0 fully saturated rings. The van der Waals surface area contributed by atoms with Crippen LogP contribution in [0.25, 0.3) is 0 Å². The van der Waals surface area contributed by atoms with Crippen molar-refractivity contribution in [3.05, 3.63) is 0 Å². The molecule has 0 aliphatic heterocycles. The van der Waals surface area contributed by atoms with Gasteiger partial charge in [0.2, 0.25) is 0 Å². The summed E-state index contributed by atoms with van der Waals surface area (Å²) >= 11 is 1.07. The zero-order chi connectivity index (χ0) is 6.28. The van der Waals surface area contributed by atoms with E-state index in [0.29, 0.717) is 0 Å². The predicted octanol–water partition coefficient (Wildman–Crippen LogP) is -3.27. The minimum atomic E-state index is -1.08. The normalized spacial score (nSPS) is 5.50. The Bertz CT molecular complexity index is 45.3. The van der Waals surface area contributed by atoms with Crippen molar-refractivity contribution >= 4 is 5.97 Å². The van der Waals surface area contributed by atoms with Gasteiger partial charge in [0.15, 0.2) is 0 Å². The quantitative estimate of drug-likeness (QED) is 0.439. The van der Waals surface area contributed by atoms with Crippen molar-refractivity contribution in [3.8, 4) is 0 Å². The molecule has 0 aliphatic rings. The smallest absolute Gasteiger partial charge is 1.00 e. The van der Waals surface area contributed by atoms with Crippen LogP contribution in [0.5, 0.6) is 0 Å². The zero-order valence-corrected chi connectivity index (χ0v) is 11.4. The Morgan fingerprint density at radius 3 is 1.75 bits per heavy atom. The number of carbonyl (C=O) groups excluding carboxylic acids is 1. The molecule has 0 aromatic rings. The Labute approximate surface area is 72.0 Å². The second-order valence-electron chi connectivity index (χ2n) is 0.992. The fourth-order valence-electron chi connectivity index (χ4n) is 0. The maximum Gasteiger partial charge on any atom is -1.00 e. The van der Waals surface area contributed by atoms with Crippen molar-refractivity contribution in [3.63, 3.8) is 0 Å². The topological polar surface area (TPSA) is 40.1 Å². The van der Waals surface area contributed by atoms with E-state index < -0.39 is 5.97 Å². The third-order valence-corrected chi connectivity index (χ3v) is 0.